The second kappa shape index (κ2) is 10.4. The molecule has 8 heteroatoms. The van der Waals surface area contributed by atoms with Crippen LogP contribution in [0.15, 0.2) is 60.7 Å². The van der Waals surface area contributed by atoms with Gasteiger partial charge in [0.2, 0.25) is 21.8 Å². The quantitative estimate of drug-likeness (QED) is 0.680. The Bertz CT molecular complexity index is 941. The summed E-state index contributed by atoms with van der Waals surface area (Å²) >= 11 is 0. The van der Waals surface area contributed by atoms with Gasteiger partial charge in [-0.2, -0.15) is 4.31 Å². The molecular formula is C22H27N3O4S. The molecule has 2 aromatic carbocycles. The van der Waals surface area contributed by atoms with Crippen molar-refractivity contribution in [3.05, 3.63) is 71.8 Å². The molecule has 3 rings (SSSR count). The highest BCUT2D eigenvalue weighted by Gasteiger charge is 2.28. The molecule has 0 aliphatic carbocycles. The molecule has 1 saturated heterocycles. The van der Waals surface area contributed by atoms with E-state index in [2.05, 4.69) is 5.32 Å². The molecule has 0 aromatic heterocycles. The summed E-state index contributed by atoms with van der Waals surface area (Å²) in [5.74, 6) is -0.343. The van der Waals surface area contributed by atoms with E-state index in [0.29, 0.717) is 19.5 Å². The second-order valence-electron chi connectivity index (χ2n) is 7.27. The molecule has 160 valence electrons. The zero-order valence-corrected chi connectivity index (χ0v) is 17.7. The van der Waals surface area contributed by atoms with Gasteiger partial charge in [0.15, 0.2) is 0 Å². The fourth-order valence-electron chi connectivity index (χ4n) is 3.39. The number of carbonyl (C=O) groups excluding carboxylic acids is 2. The Kier molecular flexibility index (Phi) is 7.59. The fraction of sp³-hybridized carbons (Fsp3) is 0.364. The average Bonchev–Trinajstić information content (AvgIpc) is 2.75. The standard InChI is InChI=1S/C22H27N3O4S/c26-21(17-19-7-3-1-4-8-19)23-11-16-30(28,29)25-14-12-24(13-15-25)22(27)18-20-9-5-2-6-10-20/h1-10H,11-18H2,(H,23,26). The number of amides is 2. The van der Waals surface area contributed by atoms with Crippen molar-refractivity contribution in [2.24, 2.45) is 0 Å². The van der Waals surface area contributed by atoms with Crippen LogP contribution in [0.2, 0.25) is 0 Å². The minimum Gasteiger partial charge on any atom is -0.355 e. The molecule has 0 radical (unpaired) electrons. The first-order valence-electron chi connectivity index (χ1n) is 10.0. The summed E-state index contributed by atoms with van der Waals surface area (Å²) in [5, 5.41) is 2.67. The predicted octanol–water partition coefficient (Wildman–Crippen LogP) is 1.06. The van der Waals surface area contributed by atoms with Crippen LogP contribution in [0, 0.1) is 0 Å². The lowest BCUT2D eigenvalue weighted by Crippen LogP contribution is -2.52. The minimum absolute atomic E-state index is 0.00595. The van der Waals surface area contributed by atoms with Crippen LogP contribution in [0.4, 0.5) is 0 Å². The molecule has 1 N–H and O–H groups in total. The molecule has 1 heterocycles. The van der Waals surface area contributed by atoms with Gasteiger partial charge in [0.05, 0.1) is 18.6 Å². The van der Waals surface area contributed by atoms with Crippen molar-refractivity contribution < 1.29 is 18.0 Å². The molecule has 7 nitrogen and oxygen atoms in total. The minimum atomic E-state index is -3.48. The van der Waals surface area contributed by atoms with Gasteiger partial charge >= 0.3 is 0 Å². The lowest BCUT2D eigenvalue weighted by Gasteiger charge is -2.34. The molecule has 30 heavy (non-hydrogen) atoms. The van der Waals surface area contributed by atoms with Gasteiger partial charge < -0.3 is 10.2 Å². The van der Waals surface area contributed by atoms with E-state index in [1.54, 1.807) is 4.90 Å². The van der Waals surface area contributed by atoms with Crippen LogP contribution in [-0.2, 0) is 32.5 Å². The van der Waals surface area contributed by atoms with Gasteiger partial charge in [-0.3, -0.25) is 9.59 Å². The lowest BCUT2D eigenvalue weighted by atomic mass is 10.1. The lowest BCUT2D eigenvalue weighted by molar-refractivity contribution is -0.131. The van der Waals surface area contributed by atoms with E-state index in [9.17, 15) is 18.0 Å². The average molecular weight is 430 g/mol. The molecule has 0 atom stereocenters. The summed E-state index contributed by atoms with van der Waals surface area (Å²) in [6.07, 6.45) is 0.546. The second-order valence-corrected chi connectivity index (χ2v) is 9.36. The predicted molar refractivity (Wildman–Crippen MR) is 115 cm³/mol. The number of rotatable bonds is 8. The van der Waals surface area contributed by atoms with E-state index in [-0.39, 0.29) is 43.6 Å². The van der Waals surface area contributed by atoms with Crippen molar-refractivity contribution >= 4 is 21.8 Å². The van der Waals surface area contributed by atoms with E-state index in [4.69, 9.17) is 0 Å². The monoisotopic (exact) mass is 429 g/mol. The maximum Gasteiger partial charge on any atom is 0.227 e. The topological polar surface area (TPSA) is 86.8 Å². The molecule has 1 fully saturated rings. The van der Waals surface area contributed by atoms with Gasteiger partial charge in [-0.05, 0) is 11.1 Å². The summed E-state index contributed by atoms with van der Waals surface area (Å²) in [7, 11) is -3.48. The fourth-order valence-corrected chi connectivity index (χ4v) is 4.73. The highest BCUT2D eigenvalue weighted by atomic mass is 32.2. The largest absolute Gasteiger partial charge is 0.355 e. The van der Waals surface area contributed by atoms with Crippen molar-refractivity contribution in [1.82, 2.24) is 14.5 Å². The van der Waals surface area contributed by atoms with Crippen molar-refractivity contribution in [3.63, 3.8) is 0 Å². The molecule has 0 unspecified atom stereocenters. The Balaban J connectivity index is 1.40. The van der Waals surface area contributed by atoms with E-state index in [1.165, 1.54) is 4.31 Å². The number of hydrogen-bond donors (Lipinski definition) is 1. The van der Waals surface area contributed by atoms with Crippen LogP contribution in [-0.4, -0.2) is 67.9 Å². The highest BCUT2D eigenvalue weighted by Crippen LogP contribution is 2.10. The van der Waals surface area contributed by atoms with Crippen molar-refractivity contribution in [1.29, 1.82) is 0 Å². The molecule has 0 saturated carbocycles. The smallest absolute Gasteiger partial charge is 0.227 e. The van der Waals surface area contributed by atoms with E-state index < -0.39 is 10.0 Å². The zero-order valence-electron chi connectivity index (χ0n) is 16.9. The molecule has 2 aromatic rings. The molecule has 1 aliphatic heterocycles. The van der Waals surface area contributed by atoms with Gasteiger partial charge in [-0.1, -0.05) is 60.7 Å². The van der Waals surface area contributed by atoms with Crippen LogP contribution in [0.25, 0.3) is 0 Å². The highest BCUT2D eigenvalue weighted by molar-refractivity contribution is 7.89. The molecular weight excluding hydrogens is 402 g/mol. The van der Waals surface area contributed by atoms with Gasteiger partial charge in [0.25, 0.3) is 0 Å². The first-order chi connectivity index (χ1) is 14.4. The van der Waals surface area contributed by atoms with E-state index in [0.717, 1.165) is 11.1 Å². The van der Waals surface area contributed by atoms with E-state index in [1.807, 2.05) is 60.7 Å². The van der Waals surface area contributed by atoms with Crippen LogP contribution in [0.5, 0.6) is 0 Å². The Morgan fingerprint density at radius 3 is 1.90 bits per heavy atom. The van der Waals surface area contributed by atoms with Crippen LogP contribution in [0.3, 0.4) is 0 Å². The van der Waals surface area contributed by atoms with Crippen molar-refractivity contribution in [2.75, 3.05) is 38.5 Å². The Morgan fingerprint density at radius 2 is 1.33 bits per heavy atom. The number of carbonyl (C=O) groups is 2. The van der Waals surface area contributed by atoms with Crippen molar-refractivity contribution in [3.8, 4) is 0 Å². The number of nitrogens with zero attached hydrogens (tertiary/aromatic N) is 2. The normalized spacial score (nSPS) is 15.0. The molecule has 0 bridgehead atoms. The molecule has 2 amide bonds. The Hall–Kier alpha value is -2.71. The third-order valence-corrected chi connectivity index (χ3v) is 6.94. The number of benzene rings is 2. The third kappa shape index (κ3) is 6.40. The number of piperazine rings is 1. The van der Waals surface area contributed by atoms with Gasteiger partial charge in [0.1, 0.15) is 0 Å². The van der Waals surface area contributed by atoms with Crippen LogP contribution >= 0.6 is 0 Å². The van der Waals surface area contributed by atoms with E-state index >= 15 is 0 Å². The summed E-state index contributed by atoms with van der Waals surface area (Å²) in [6.45, 7) is 1.39. The van der Waals surface area contributed by atoms with Crippen LogP contribution in [0.1, 0.15) is 11.1 Å². The maximum absolute atomic E-state index is 12.6. The Labute approximate surface area is 177 Å². The van der Waals surface area contributed by atoms with Gasteiger partial charge in [-0.25, -0.2) is 8.42 Å². The Morgan fingerprint density at radius 1 is 0.800 bits per heavy atom. The zero-order chi connectivity index (χ0) is 21.4. The van der Waals surface area contributed by atoms with Gasteiger partial charge in [0, 0.05) is 32.7 Å². The maximum atomic E-state index is 12.6. The van der Waals surface area contributed by atoms with Gasteiger partial charge in [-0.15, -0.1) is 0 Å². The number of nitrogens with one attached hydrogen (secondary N) is 1. The number of hydrogen-bond acceptors (Lipinski definition) is 4. The van der Waals surface area contributed by atoms with Crippen molar-refractivity contribution in [2.45, 2.75) is 12.8 Å². The summed E-state index contributed by atoms with van der Waals surface area (Å²) in [4.78, 5) is 26.1. The summed E-state index contributed by atoms with van der Waals surface area (Å²) < 4.78 is 26.5. The van der Waals surface area contributed by atoms with Crippen LogP contribution < -0.4 is 5.32 Å². The SMILES string of the molecule is O=C(Cc1ccccc1)NCCS(=O)(=O)N1CCN(C(=O)Cc2ccccc2)CC1. The molecule has 1 aliphatic rings. The first-order valence-corrected chi connectivity index (χ1v) is 11.6. The summed E-state index contributed by atoms with van der Waals surface area (Å²) in [5.41, 5.74) is 1.83. The number of sulfonamides is 1. The first kappa shape index (κ1) is 22.0. The third-order valence-electron chi connectivity index (χ3n) is 5.07. The molecule has 0 spiro atoms. The summed E-state index contributed by atoms with van der Waals surface area (Å²) in [6, 6.07) is 18.8.